The number of hydrogen-bond acceptors (Lipinski definition) is 3. The fourth-order valence-electron chi connectivity index (χ4n) is 3.21. The molecule has 3 rings (SSSR count). The van der Waals surface area contributed by atoms with Crippen LogP contribution in [0.25, 0.3) is 0 Å². The summed E-state index contributed by atoms with van der Waals surface area (Å²) in [5, 5.41) is 3.58. The first-order chi connectivity index (χ1) is 9.33. The van der Waals surface area contributed by atoms with Crippen LogP contribution in [0.5, 0.6) is 0 Å². The van der Waals surface area contributed by atoms with Crippen molar-refractivity contribution in [3.05, 3.63) is 29.3 Å². The fraction of sp³-hybridized carbons (Fsp3) is 0.625. The monoisotopic (exact) mass is 259 g/mol. The molecule has 0 saturated carbocycles. The SMILES string of the molecule is CN1CCc2cc(CNCCN3CCCC3)ccc21. The van der Waals surface area contributed by atoms with E-state index in [1.165, 1.54) is 62.3 Å². The molecule has 1 fully saturated rings. The van der Waals surface area contributed by atoms with Gasteiger partial charge in [-0.25, -0.2) is 0 Å². The van der Waals surface area contributed by atoms with Gasteiger partial charge in [-0.3, -0.25) is 0 Å². The Hall–Kier alpha value is -1.06. The van der Waals surface area contributed by atoms with Crippen molar-refractivity contribution in [1.82, 2.24) is 10.2 Å². The molecule has 19 heavy (non-hydrogen) atoms. The molecule has 3 nitrogen and oxygen atoms in total. The first kappa shape index (κ1) is 12.9. The summed E-state index contributed by atoms with van der Waals surface area (Å²) in [5.74, 6) is 0. The van der Waals surface area contributed by atoms with E-state index in [-0.39, 0.29) is 0 Å². The maximum Gasteiger partial charge on any atom is 0.0397 e. The summed E-state index contributed by atoms with van der Waals surface area (Å²) in [6.07, 6.45) is 3.98. The molecule has 0 unspecified atom stereocenters. The molecule has 0 bridgehead atoms. The zero-order valence-corrected chi connectivity index (χ0v) is 12.0. The molecule has 2 aliphatic heterocycles. The van der Waals surface area contributed by atoms with Gasteiger partial charge in [-0.15, -0.1) is 0 Å². The summed E-state index contributed by atoms with van der Waals surface area (Å²) in [7, 11) is 2.18. The van der Waals surface area contributed by atoms with Gasteiger partial charge >= 0.3 is 0 Å². The van der Waals surface area contributed by atoms with Gasteiger partial charge in [-0.1, -0.05) is 12.1 Å². The van der Waals surface area contributed by atoms with E-state index >= 15 is 0 Å². The Morgan fingerprint density at radius 3 is 2.84 bits per heavy atom. The molecular weight excluding hydrogens is 234 g/mol. The van der Waals surface area contributed by atoms with Crippen molar-refractivity contribution in [3.63, 3.8) is 0 Å². The van der Waals surface area contributed by atoms with Gasteiger partial charge in [0.2, 0.25) is 0 Å². The summed E-state index contributed by atoms with van der Waals surface area (Å²) in [5.41, 5.74) is 4.36. The average molecular weight is 259 g/mol. The van der Waals surface area contributed by atoms with E-state index in [1.54, 1.807) is 0 Å². The van der Waals surface area contributed by atoms with Crippen molar-refractivity contribution in [3.8, 4) is 0 Å². The van der Waals surface area contributed by atoms with Crippen molar-refractivity contribution < 1.29 is 0 Å². The third-order valence-electron chi connectivity index (χ3n) is 4.40. The number of anilines is 1. The molecule has 1 aromatic carbocycles. The van der Waals surface area contributed by atoms with Gasteiger partial charge < -0.3 is 15.1 Å². The maximum atomic E-state index is 3.58. The molecule has 104 valence electrons. The number of nitrogens with one attached hydrogen (secondary N) is 1. The van der Waals surface area contributed by atoms with Gasteiger partial charge in [-0.2, -0.15) is 0 Å². The number of benzene rings is 1. The van der Waals surface area contributed by atoms with Crippen LogP contribution in [0.2, 0.25) is 0 Å². The summed E-state index contributed by atoms with van der Waals surface area (Å²) >= 11 is 0. The lowest BCUT2D eigenvalue weighted by atomic mass is 10.1. The van der Waals surface area contributed by atoms with E-state index < -0.39 is 0 Å². The minimum Gasteiger partial charge on any atom is -0.374 e. The molecule has 0 spiro atoms. The number of hydrogen-bond donors (Lipinski definition) is 1. The quantitative estimate of drug-likeness (QED) is 0.814. The first-order valence-corrected chi connectivity index (χ1v) is 7.59. The third kappa shape index (κ3) is 3.10. The van der Waals surface area contributed by atoms with Crippen LogP contribution in [0.4, 0.5) is 5.69 Å². The van der Waals surface area contributed by atoms with Crippen molar-refractivity contribution in [2.24, 2.45) is 0 Å². The topological polar surface area (TPSA) is 18.5 Å². The molecule has 0 atom stereocenters. The van der Waals surface area contributed by atoms with Crippen LogP contribution < -0.4 is 10.2 Å². The molecular formula is C16H25N3. The summed E-state index contributed by atoms with van der Waals surface area (Å²) in [4.78, 5) is 4.91. The highest BCUT2D eigenvalue weighted by Crippen LogP contribution is 2.27. The highest BCUT2D eigenvalue weighted by atomic mass is 15.1. The number of likely N-dealkylation sites (N-methyl/N-ethyl adjacent to an activating group) is 1. The molecule has 3 heteroatoms. The van der Waals surface area contributed by atoms with Gasteiger partial charge in [0.1, 0.15) is 0 Å². The number of nitrogens with zero attached hydrogens (tertiary/aromatic N) is 2. The Morgan fingerprint density at radius 1 is 1.16 bits per heavy atom. The number of fused-ring (bicyclic) bond motifs is 1. The lowest BCUT2D eigenvalue weighted by Gasteiger charge is -2.15. The van der Waals surface area contributed by atoms with Crippen LogP contribution in [-0.2, 0) is 13.0 Å². The van der Waals surface area contributed by atoms with Gasteiger partial charge in [-0.05, 0) is 49.5 Å². The van der Waals surface area contributed by atoms with E-state index in [0.717, 1.165) is 13.1 Å². The molecule has 2 aliphatic rings. The van der Waals surface area contributed by atoms with Crippen LogP contribution in [-0.4, -0.2) is 44.7 Å². The second-order valence-corrected chi connectivity index (χ2v) is 5.86. The minimum atomic E-state index is 1.00. The molecule has 0 radical (unpaired) electrons. The highest BCUT2D eigenvalue weighted by Gasteiger charge is 2.15. The van der Waals surface area contributed by atoms with Gasteiger partial charge in [0.05, 0.1) is 0 Å². The van der Waals surface area contributed by atoms with Gasteiger partial charge in [0.25, 0.3) is 0 Å². The zero-order chi connectivity index (χ0) is 13.1. The maximum absolute atomic E-state index is 3.58. The minimum absolute atomic E-state index is 1.00. The zero-order valence-electron chi connectivity index (χ0n) is 12.0. The molecule has 1 aromatic rings. The van der Waals surface area contributed by atoms with Crippen molar-refractivity contribution in [2.75, 3.05) is 44.7 Å². The lowest BCUT2D eigenvalue weighted by Crippen LogP contribution is -2.29. The standard InChI is InChI=1S/C16H25N3/c1-18-10-6-15-12-14(4-5-16(15)18)13-17-7-11-19-8-2-3-9-19/h4-5,12,17H,2-3,6-11,13H2,1H3. The molecule has 1 saturated heterocycles. The highest BCUT2D eigenvalue weighted by molar-refractivity contribution is 5.58. The van der Waals surface area contributed by atoms with Crippen molar-refractivity contribution >= 4 is 5.69 Å². The second kappa shape index (κ2) is 5.93. The van der Waals surface area contributed by atoms with E-state index in [4.69, 9.17) is 0 Å². The number of rotatable bonds is 5. The van der Waals surface area contributed by atoms with E-state index in [0.29, 0.717) is 0 Å². The Bertz CT molecular complexity index is 424. The van der Waals surface area contributed by atoms with Crippen molar-refractivity contribution in [2.45, 2.75) is 25.8 Å². The summed E-state index contributed by atoms with van der Waals surface area (Å²) in [6, 6.07) is 6.92. The third-order valence-corrected chi connectivity index (χ3v) is 4.40. The first-order valence-electron chi connectivity index (χ1n) is 7.59. The smallest absolute Gasteiger partial charge is 0.0397 e. The van der Waals surface area contributed by atoms with Crippen LogP contribution in [0.1, 0.15) is 24.0 Å². The Balaban J connectivity index is 1.45. The molecule has 0 aromatic heterocycles. The Labute approximate surface area is 116 Å². The average Bonchev–Trinajstić information content (AvgIpc) is 3.05. The van der Waals surface area contributed by atoms with Crippen LogP contribution in [0.15, 0.2) is 18.2 Å². The Morgan fingerprint density at radius 2 is 2.00 bits per heavy atom. The molecule has 0 amide bonds. The summed E-state index contributed by atoms with van der Waals surface area (Å²) in [6.45, 7) is 7.08. The largest absolute Gasteiger partial charge is 0.374 e. The van der Waals surface area contributed by atoms with Crippen LogP contribution in [0, 0.1) is 0 Å². The van der Waals surface area contributed by atoms with E-state index in [9.17, 15) is 0 Å². The van der Waals surface area contributed by atoms with Gasteiger partial charge in [0.15, 0.2) is 0 Å². The summed E-state index contributed by atoms with van der Waals surface area (Å²) < 4.78 is 0. The van der Waals surface area contributed by atoms with Crippen LogP contribution >= 0.6 is 0 Å². The number of likely N-dealkylation sites (tertiary alicyclic amines) is 1. The van der Waals surface area contributed by atoms with E-state index in [2.05, 4.69) is 40.4 Å². The van der Waals surface area contributed by atoms with E-state index in [1.807, 2.05) is 0 Å². The molecule has 0 aliphatic carbocycles. The van der Waals surface area contributed by atoms with Crippen LogP contribution in [0.3, 0.4) is 0 Å². The molecule has 1 N–H and O–H groups in total. The lowest BCUT2D eigenvalue weighted by molar-refractivity contribution is 0.335. The molecule has 2 heterocycles. The Kier molecular flexibility index (Phi) is 4.04. The normalized spacial score (nSPS) is 19.1. The van der Waals surface area contributed by atoms with Crippen molar-refractivity contribution in [1.29, 1.82) is 0 Å². The predicted octanol–water partition coefficient (Wildman–Crippen LogP) is 1.86. The van der Waals surface area contributed by atoms with Gasteiger partial charge in [0, 0.05) is 38.9 Å². The second-order valence-electron chi connectivity index (χ2n) is 5.86. The fourth-order valence-corrected chi connectivity index (χ4v) is 3.21. The predicted molar refractivity (Wildman–Crippen MR) is 80.8 cm³/mol.